The fraction of sp³-hybridized carbons (Fsp3) is 0.185. The maximum Gasteiger partial charge on any atom is 0.417 e. The van der Waals surface area contributed by atoms with E-state index in [-0.39, 0.29) is 24.8 Å². The molecular weight excluding hydrogens is 1060 g/mol. The second-order valence-corrected chi connectivity index (χ2v) is 19.8. The van der Waals surface area contributed by atoms with Crippen molar-refractivity contribution in [1.82, 2.24) is 29.4 Å². The van der Waals surface area contributed by atoms with Crippen molar-refractivity contribution < 1.29 is 46.4 Å². The molecule has 0 radical (unpaired) electrons. The quantitative estimate of drug-likeness (QED) is 0.0782. The van der Waals surface area contributed by atoms with Crippen molar-refractivity contribution in [3.63, 3.8) is 0 Å². The Morgan fingerprint density at radius 3 is 1.53 bits per heavy atom. The van der Waals surface area contributed by atoms with E-state index in [2.05, 4.69) is 40.0 Å². The number of aromatic nitrogens is 4. The molecule has 392 valence electrons. The Hall–Kier alpha value is -7.59. The van der Waals surface area contributed by atoms with Crippen LogP contribution < -0.4 is 35.5 Å². The predicted octanol–water partition coefficient (Wildman–Crippen LogP) is 14.6. The third kappa shape index (κ3) is 11.9. The highest BCUT2D eigenvalue weighted by molar-refractivity contribution is 7.24. The number of aryl methyl sites for hydroxylation is 2. The second kappa shape index (κ2) is 23.1. The lowest BCUT2D eigenvalue weighted by Crippen LogP contribution is -2.28. The molecule has 0 spiro atoms. The number of alkyl halides is 3. The molecule has 4 heterocycles. The van der Waals surface area contributed by atoms with Gasteiger partial charge in [-0.25, -0.2) is 19.6 Å². The summed E-state index contributed by atoms with van der Waals surface area (Å²) >= 11 is 14.9. The minimum atomic E-state index is -4.64. The molecule has 6 aromatic carbocycles. The van der Waals surface area contributed by atoms with Gasteiger partial charge in [0.1, 0.15) is 28.7 Å². The van der Waals surface area contributed by atoms with Crippen LogP contribution in [0.4, 0.5) is 34.1 Å². The van der Waals surface area contributed by atoms with Crippen molar-refractivity contribution in [2.45, 2.75) is 46.3 Å². The number of rotatable bonds is 15. The van der Waals surface area contributed by atoms with Crippen LogP contribution >= 0.6 is 45.9 Å². The smallest absolute Gasteiger partial charge is 0.417 e. The number of halogens is 5. The number of urea groups is 2. The number of thiazole rings is 2. The molecule has 0 fully saturated rings. The van der Waals surface area contributed by atoms with Crippen LogP contribution in [0, 0.1) is 13.8 Å². The highest BCUT2D eigenvalue weighted by Gasteiger charge is 2.33. The summed E-state index contributed by atoms with van der Waals surface area (Å²) in [5.74, 6) is 3.03. The summed E-state index contributed by atoms with van der Waals surface area (Å²) in [7, 11) is 4.87. The number of fused-ring (bicyclic) bond motifs is 6. The number of imidazole rings is 2. The van der Waals surface area contributed by atoms with Crippen molar-refractivity contribution in [3.05, 3.63) is 171 Å². The lowest BCUT2D eigenvalue weighted by atomic mass is 10.2. The minimum absolute atomic E-state index is 0.0341. The van der Waals surface area contributed by atoms with Crippen LogP contribution in [-0.4, -0.2) is 52.2 Å². The van der Waals surface area contributed by atoms with Crippen molar-refractivity contribution in [3.8, 4) is 28.7 Å². The number of nitrogens with zero attached hydrogens (tertiary/aromatic N) is 4. The summed E-state index contributed by atoms with van der Waals surface area (Å²) in [5, 5.41) is 10.7. The minimum Gasteiger partial charge on any atom is -0.495 e. The Morgan fingerprint density at radius 1 is 0.592 bits per heavy atom. The van der Waals surface area contributed by atoms with Crippen LogP contribution in [0.15, 0.2) is 121 Å². The number of hydrogen-bond acceptors (Lipinski definition) is 11. The first-order valence-corrected chi connectivity index (χ1v) is 25.6. The van der Waals surface area contributed by atoms with Gasteiger partial charge in [0.2, 0.25) is 0 Å². The summed E-state index contributed by atoms with van der Waals surface area (Å²) in [6, 6.07) is 33.7. The molecule has 0 bridgehead atoms. The first-order valence-electron chi connectivity index (χ1n) is 23.2. The van der Waals surface area contributed by atoms with E-state index in [0.717, 1.165) is 70.8 Å². The number of para-hydroxylation sites is 2. The number of carbonyl (C=O) groups is 2. The Kier molecular flexibility index (Phi) is 16.2. The number of nitrogens with one attached hydrogen (secondary N) is 4. The van der Waals surface area contributed by atoms with E-state index in [0.29, 0.717) is 58.2 Å². The van der Waals surface area contributed by atoms with Gasteiger partial charge < -0.3 is 45.0 Å². The molecule has 22 heteroatoms. The number of carbonyl (C=O) groups excluding carboxylic acids is 2. The highest BCUT2D eigenvalue weighted by atomic mass is 35.5. The van der Waals surface area contributed by atoms with Gasteiger partial charge in [-0.1, -0.05) is 82.3 Å². The van der Waals surface area contributed by atoms with Crippen molar-refractivity contribution in [2.24, 2.45) is 0 Å². The summed E-state index contributed by atoms with van der Waals surface area (Å²) in [6.45, 7) is 5.26. The number of benzene rings is 6. The van der Waals surface area contributed by atoms with Gasteiger partial charge in [-0.3, -0.25) is 8.80 Å². The largest absolute Gasteiger partial charge is 0.495 e. The lowest BCUT2D eigenvalue weighted by Gasteiger charge is -2.14. The molecule has 76 heavy (non-hydrogen) atoms. The zero-order valence-electron chi connectivity index (χ0n) is 41.2. The SMILES string of the molecule is COCc1c(C)nc2sc3cc(Oc4ccccc4CNC(=O)Nc4ccc(Cl)c(C(F)(F)F)c4)ccc3n12.COCc1c(C)nc2sc3cc(Oc4ccccc4CNC(=O)Nc4ccc(OC)c(Cl)c4)ccc3n12. The number of amides is 4. The summed E-state index contributed by atoms with van der Waals surface area (Å²) in [4.78, 5) is 36.0. The molecule has 10 rings (SSSR count). The van der Waals surface area contributed by atoms with Gasteiger partial charge in [0.15, 0.2) is 9.92 Å². The van der Waals surface area contributed by atoms with Gasteiger partial charge in [-0.05, 0) is 86.6 Å². The number of ether oxygens (including phenoxy) is 5. The lowest BCUT2D eigenvalue weighted by molar-refractivity contribution is -0.137. The average Bonchev–Trinajstić information content (AvgIpc) is 4.13. The molecule has 15 nitrogen and oxygen atoms in total. The van der Waals surface area contributed by atoms with E-state index in [4.69, 9.17) is 46.9 Å². The van der Waals surface area contributed by atoms with Gasteiger partial charge in [0.05, 0.1) is 79.1 Å². The van der Waals surface area contributed by atoms with Crippen molar-refractivity contribution in [1.29, 1.82) is 0 Å². The summed E-state index contributed by atoms with van der Waals surface area (Å²) in [6.07, 6.45) is -4.64. The van der Waals surface area contributed by atoms with Gasteiger partial charge >= 0.3 is 18.2 Å². The zero-order chi connectivity index (χ0) is 53.7. The molecule has 4 aromatic heterocycles. The van der Waals surface area contributed by atoms with Crippen molar-refractivity contribution >= 4 is 99.7 Å². The van der Waals surface area contributed by atoms with Gasteiger partial charge in [0, 0.05) is 61.9 Å². The Bertz CT molecular complexity index is 3770. The molecule has 0 aliphatic carbocycles. The maximum atomic E-state index is 13.1. The second-order valence-electron chi connectivity index (χ2n) is 16.9. The van der Waals surface area contributed by atoms with E-state index in [1.54, 1.807) is 73.3 Å². The van der Waals surface area contributed by atoms with E-state index >= 15 is 0 Å². The van der Waals surface area contributed by atoms with Gasteiger partial charge in [-0.15, -0.1) is 0 Å². The van der Waals surface area contributed by atoms with E-state index in [1.165, 1.54) is 13.2 Å². The maximum absolute atomic E-state index is 13.1. The monoisotopic (exact) mass is 1110 g/mol. The molecule has 0 aliphatic heterocycles. The molecule has 0 unspecified atom stereocenters. The standard InChI is InChI=1S/C27H22ClF3N4O3S.C27H25ClN4O4S/c1-15-22(14-37-2)35-21-10-8-18(12-24(21)39-26(35)33-15)38-23-6-4-3-5-16(23)13-32-25(36)34-17-7-9-20(28)19(11-17)27(29,30)31;1-16-22(15-34-2)32-21-10-9-19(13-25(21)37-27(32)30-16)36-23-7-5-4-6-17(23)14-29-26(33)31-18-8-11-24(35-3)20(28)12-18/h3-12H,13-14H2,1-2H3,(H2,32,34,36);4-13H,14-15H2,1-3H3,(H2,29,31,33). The molecule has 0 saturated carbocycles. The molecule has 4 N–H and O–H groups in total. The highest BCUT2D eigenvalue weighted by Crippen LogP contribution is 2.38. The van der Waals surface area contributed by atoms with Crippen molar-refractivity contribution in [2.75, 3.05) is 32.0 Å². The van der Waals surface area contributed by atoms with Gasteiger partial charge in [0.25, 0.3) is 0 Å². The van der Waals surface area contributed by atoms with E-state index in [9.17, 15) is 22.8 Å². The predicted molar refractivity (Wildman–Crippen MR) is 291 cm³/mol. The molecule has 0 saturated heterocycles. The Morgan fingerprint density at radius 2 is 1.07 bits per heavy atom. The van der Waals surface area contributed by atoms with Crippen LogP contribution in [0.25, 0.3) is 30.4 Å². The molecule has 0 atom stereocenters. The third-order valence-corrected chi connectivity index (χ3v) is 14.4. The van der Waals surface area contributed by atoms with E-state index < -0.39 is 22.8 Å². The van der Waals surface area contributed by atoms with Crippen LogP contribution in [0.5, 0.6) is 28.7 Å². The molecule has 4 amide bonds. The van der Waals surface area contributed by atoms with Crippen LogP contribution in [0.1, 0.15) is 39.5 Å². The fourth-order valence-corrected chi connectivity index (χ4v) is 10.9. The zero-order valence-corrected chi connectivity index (χ0v) is 44.4. The number of methoxy groups -OCH3 is 3. The van der Waals surface area contributed by atoms with Crippen LogP contribution in [0.2, 0.25) is 10.0 Å². The van der Waals surface area contributed by atoms with Gasteiger partial charge in [-0.2, -0.15) is 13.2 Å². The fourth-order valence-electron chi connectivity index (χ4n) is 8.18. The third-order valence-electron chi connectivity index (χ3n) is 11.8. The Balaban J connectivity index is 0.000000186. The summed E-state index contributed by atoms with van der Waals surface area (Å²) in [5.41, 5.74) is 7.01. The first-order chi connectivity index (χ1) is 36.6. The van der Waals surface area contributed by atoms with Crippen LogP contribution in [0.3, 0.4) is 0 Å². The number of hydrogen-bond donors (Lipinski definition) is 4. The topological polar surface area (TPSA) is 163 Å². The number of anilines is 2. The summed E-state index contributed by atoms with van der Waals surface area (Å²) < 4.78 is 73.8. The molecular formula is C54H47Cl2F3N8O7S2. The van der Waals surface area contributed by atoms with Crippen LogP contribution in [-0.2, 0) is 42.0 Å². The van der Waals surface area contributed by atoms with E-state index in [1.807, 2.05) is 80.6 Å². The Labute approximate surface area is 451 Å². The first kappa shape index (κ1) is 53.2. The molecule has 0 aliphatic rings. The average molecular weight is 1110 g/mol. The molecule has 10 aromatic rings. The normalized spacial score (nSPS) is 11.4.